The number of carbonyl (C=O) groups excluding carboxylic acids is 1. The lowest BCUT2D eigenvalue weighted by Gasteiger charge is -2.22. The van der Waals surface area contributed by atoms with E-state index in [4.69, 9.17) is 23.2 Å². The molecule has 0 saturated heterocycles. The molecule has 3 rings (SSSR count). The molecule has 0 aliphatic carbocycles. The molecule has 0 unspecified atom stereocenters. The molecule has 1 heterocycles. The lowest BCUT2D eigenvalue weighted by molar-refractivity contribution is -0.114. The summed E-state index contributed by atoms with van der Waals surface area (Å²) in [6, 6.07) is 10.7. The average molecular weight is 372 g/mol. The Morgan fingerprint density at radius 1 is 1.16 bits per heavy atom. The van der Waals surface area contributed by atoms with Crippen LogP contribution < -0.4 is 4.90 Å². The van der Waals surface area contributed by atoms with Crippen molar-refractivity contribution in [2.45, 2.75) is 0 Å². The van der Waals surface area contributed by atoms with Gasteiger partial charge in [-0.25, -0.2) is 4.98 Å². The van der Waals surface area contributed by atoms with Gasteiger partial charge in [-0.1, -0.05) is 35.9 Å². The molecule has 6 heteroatoms. The molecule has 1 aromatic heterocycles. The molecule has 3 aromatic rings. The number of nitrogens with zero attached hydrogens (tertiary/aromatic N) is 2. The molecule has 1 amide bonds. The Bertz CT molecular complexity index is 978. The molecule has 0 bridgehead atoms. The van der Waals surface area contributed by atoms with E-state index in [0.717, 1.165) is 11.0 Å². The highest BCUT2D eigenvalue weighted by molar-refractivity contribution is 6.31. The van der Waals surface area contributed by atoms with Crippen molar-refractivity contribution in [1.29, 1.82) is 0 Å². The smallest absolute Gasteiger partial charge is 0.250 e. The number of rotatable bonds is 5. The van der Waals surface area contributed by atoms with E-state index in [1.165, 1.54) is 6.08 Å². The summed E-state index contributed by atoms with van der Waals surface area (Å²) in [6.45, 7) is 7.62. The van der Waals surface area contributed by atoms with Crippen molar-refractivity contribution in [1.82, 2.24) is 9.97 Å². The highest BCUT2D eigenvalue weighted by Gasteiger charge is 2.19. The maximum atomic E-state index is 12.3. The fourth-order valence-corrected chi connectivity index (χ4v) is 2.93. The van der Waals surface area contributed by atoms with Crippen molar-refractivity contribution in [2.75, 3.05) is 11.4 Å². The van der Waals surface area contributed by atoms with E-state index in [1.54, 1.807) is 41.3 Å². The van der Waals surface area contributed by atoms with Gasteiger partial charge in [0, 0.05) is 22.2 Å². The molecule has 0 aliphatic rings. The number of fused-ring (bicyclic) bond motifs is 1. The van der Waals surface area contributed by atoms with Crippen molar-refractivity contribution in [3.05, 3.63) is 71.8 Å². The van der Waals surface area contributed by atoms with E-state index in [2.05, 4.69) is 23.1 Å². The number of hydrogen-bond donors (Lipinski definition) is 1. The lowest BCUT2D eigenvalue weighted by atomic mass is 10.1. The summed E-state index contributed by atoms with van der Waals surface area (Å²) in [6.07, 6.45) is 2.92. The van der Waals surface area contributed by atoms with Crippen LogP contribution in [0.5, 0.6) is 0 Å². The number of anilines is 1. The number of nitrogens with one attached hydrogen (secondary N) is 1. The molecule has 0 atom stereocenters. The van der Waals surface area contributed by atoms with E-state index in [0.29, 0.717) is 33.7 Å². The number of halogens is 2. The standard InChI is InChI=1S/C19H15Cl2N3O/c1-3-9-24(18(25)4-2)17-8-6-12(20)10-14(17)19-22-15-7-5-13(21)11-16(15)23-19/h3-8,10-11H,1-2,9H2,(H,22,23). The van der Waals surface area contributed by atoms with Crippen LogP contribution in [-0.2, 0) is 4.79 Å². The van der Waals surface area contributed by atoms with Gasteiger partial charge in [0.05, 0.1) is 16.7 Å². The monoisotopic (exact) mass is 371 g/mol. The second-order valence-electron chi connectivity index (χ2n) is 5.35. The van der Waals surface area contributed by atoms with Gasteiger partial charge in [0.1, 0.15) is 5.82 Å². The van der Waals surface area contributed by atoms with Crippen LogP contribution in [0.1, 0.15) is 0 Å². The number of H-pyrrole nitrogens is 1. The number of aromatic nitrogens is 2. The van der Waals surface area contributed by atoms with Crippen molar-refractivity contribution in [2.24, 2.45) is 0 Å². The van der Waals surface area contributed by atoms with E-state index < -0.39 is 0 Å². The zero-order valence-electron chi connectivity index (χ0n) is 13.3. The van der Waals surface area contributed by atoms with E-state index in [1.807, 2.05) is 6.07 Å². The van der Waals surface area contributed by atoms with Crippen LogP contribution in [0.4, 0.5) is 5.69 Å². The molecule has 2 aromatic carbocycles. The second-order valence-corrected chi connectivity index (χ2v) is 6.22. The maximum Gasteiger partial charge on any atom is 0.250 e. The SMILES string of the molecule is C=CCN(C(=O)C=C)c1ccc(Cl)cc1-c1nc2ccc(Cl)cc2[nH]1. The summed E-state index contributed by atoms with van der Waals surface area (Å²) in [5.41, 5.74) is 2.95. The van der Waals surface area contributed by atoms with E-state index in [9.17, 15) is 4.79 Å². The number of carbonyl (C=O) groups is 1. The largest absolute Gasteiger partial charge is 0.338 e. The van der Waals surface area contributed by atoms with Crippen LogP contribution in [0.15, 0.2) is 61.7 Å². The Balaban J connectivity index is 2.19. The first-order valence-electron chi connectivity index (χ1n) is 7.53. The predicted octanol–water partition coefficient (Wildman–Crippen LogP) is 5.24. The number of hydrogen-bond acceptors (Lipinski definition) is 2. The number of amides is 1. The fraction of sp³-hybridized carbons (Fsp3) is 0.0526. The fourth-order valence-electron chi connectivity index (χ4n) is 2.59. The Kier molecular flexibility index (Phi) is 4.93. The third-order valence-corrected chi connectivity index (χ3v) is 4.17. The van der Waals surface area contributed by atoms with E-state index in [-0.39, 0.29) is 5.91 Å². The third-order valence-electron chi connectivity index (χ3n) is 3.70. The Hall–Kier alpha value is -2.56. The molecular weight excluding hydrogens is 357 g/mol. The summed E-state index contributed by atoms with van der Waals surface area (Å²) < 4.78 is 0. The summed E-state index contributed by atoms with van der Waals surface area (Å²) in [5, 5.41) is 1.16. The maximum absolute atomic E-state index is 12.3. The molecule has 1 N–H and O–H groups in total. The van der Waals surface area contributed by atoms with Crippen molar-refractivity contribution >= 4 is 45.8 Å². The summed E-state index contributed by atoms with van der Waals surface area (Å²) in [4.78, 5) is 21.6. The first-order chi connectivity index (χ1) is 12.0. The van der Waals surface area contributed by atoms with Crippen LogP contribution >= 0.6 is 23.2 Å². The Morgan fingerprint density at radius 3 is 2.60 bits per heavy atom. The van der Waals surface area contributed by atoms with Gasteiger partial charge in [0.15, 0.2) is 0 Å². The molecule has 0 radical (unpaired) electrons. The van der Waals surface area contributed by atoms with Gasteiger partial charge < -0.3 is 9.88 Å². The van der Waals surface area contributed by atoms with Crippen molar-refractivity contribution < 1.29 is 4.79 Å². The number of benzene rings is 2. The van der Waals surface area contributed by atoms with Crippen LogP contribution in [0.2, 0.25) is 10.0 Å². The molecule has 4 nitrogen and oxygen atoms in total. The average Bonchev–Trinajstić information content (AvgIpc) is 3.02. The van der Waals surface area contributed by atoms with Gasteiger partial charge in [-0.05, 0) is 42.5 Å². The Labute approximate surface area is 155 Å². The van der Waals surface area contributed by atoms with Gasteiger partial charge in [-0.15, -0.1) is 6.58 Å². The van der Waals surface area contributed by atoms with Gasteiger partial charge in [-0.3, -0.25) is 4.79 Å². The summed E-state index contributed by atoms with van der Waals surface area (Å²) >= 11 is 12.2. The molecule has 0 saturated carbocycles. The second kappa shape index (κ2) is 7.13. The minimum Gasteiger partial charge on any atom is -0.338 e. The highest BCUT2D eigenvalue weighted by Crippen LogP contribution is 2.33. The molecule has 0 fully saturated rings. The highest BCUT2D eigenvalue weighted by atomic mass is 35.5. The van der Waals surface area contributed by atoms with Gasteiger partial charge in [0.25, 0.3) is 5.91 Å². The van der Waals surface area contributed by atoms with Crippen molar-refractivity contribution in [3.63, 3.8) is 0 Å². The molecule has 126 valence electrons. The molecule has 25 heavy (non-hydrogen) atoms. The van der Waals surface area contributed by atoms with Gasteiger partial charge in [0.2, 0.25) is 0 Å². The van der Waals surface area contributed by atoms with Crippen molar-refractivity contribution in [3.8, 4) is 11.4 Å². The predicted molar refractivity (Wildman–Crippen MR) is 104 cm³/mol. The van der Waals surface area contributed by atoms with Gasteiger partial charge >= 0.3 is 0 Å². The molecule has 0 spiro atoms. The topological polar surface area (TPSA) is 49.0 Å². The molecular formula is C19H15Cl2N3O. The summed E-state index contributed by atoms with van der Waals surface area (Å²) in [7, 11) is 0. The number of imidazole rings is 1. The lowest BCUT2D eigenvalue weighted by Crippen LogP contribution is -2.29. The number of aromatic amines is 1. The summed E-state index contributed by atoms with van der Waals surface area (Å²) in [5.74, 6) is 0.364. The van der Waals surface area contributed by atoms with Crippen LogP contribution in [0.25, 0.3) is 22.4 Å². The van der Waals surface area contributed by atoms with Gasteiger partial charge in [-0.2, -0.15) is 0 Å². The van der Waals surface area contributed by atoms with Crippen LogP contribution in [0, 0.1) is 0 Å². The Morgan fingerprint density at radius 2 is 1.88 bits per heavy atom. The first-order valence-corrected chi connectivity index (χ1v) is 8.29. The molecule has 0 aliphatic heterocycles. The van der Waals surface area contributed by atoms with E-state index >= 15 is 0 Å². The van der Waals surface area contributed by atoms with Crippen LogP contribution in [-0.4, -0.2) is 22.4 Å². The quantitative estimate of drug-likeness (QED) is 0.492. The normalized spacial score (nSPS) is 10.6. The first kappa shape index (κ1) is 17.3. The minimum absolute atomic E-state index is 0.234. The zero-order chi connectivity index (χ0) is 18.0. The third kappa shape index (κ3) is 3.45. The van der Waals surface area contributed by atoms with Crippen LogP contribution in [0.3, 0.4) is 0 Å². The minimum atomic E-state index is -0.234. The zero-order valence-corrected chi connectivity index (χ0v) is 14.8.